The molecule has 0 atom stereocenters. The number of nitrogens with two attached hydrogens (primary N) is 2. The Balaban J connectivity index is 1.74. The quantitative estimate of drug-likeness (QED) is 0.101. The molecule has 3 aromatic rings. The number of nitrogens with zero attached hydrogens (tertiary/aromatic N) is 1. The van der Waals surface area contributed by atoms with Gasteiger partial charge in [0.15, 0.2) is 5.96 Å². The Morgan fingerprint density at radius 3 is 2.33 bits per heavy atom. The number of hydrogen-bond donors (Lipinski definition) is 4. The van der Waals surface area contributed by atoms with Crippen LogP contribution in [-0.2, 0) is 19.7 Å². The van der Waals surface area contributed by atoms with E-state index in [0.29, 0.717) is 27.6 Å². The van der Waals surface area contributed by atoms with E-state index < -0.39 is 19.7 Å². The number of unbranched alkanes of at least 4 members (excludes halogenated alkanes) is 2. The number of hydrogen-bond acceptors (Lipinski definition) is 8. The average molecular weight is 608 g/mol. The van der Waals surface area contributed by atoms with Gasteiger partial charge in [0.25, 0.3) is 0 Å². The van der Waals surface area contributed by atoms with Crippen LogP contribution in [0.15, 0.2) is 67.5 Å². The zero-order valence-electron chi connectivity index (χ0n) is 22.0. The monoisotopic (exact) mass is 607 g/mol. The first-order valence-electron chi connectivity index (χ1n) is 12.1. The number of sulfone groups is 2. The molecule has 0 aliphatic heterocycles. The molecule has 0 saturated heterocycles. The number of nitrogen functional groups attached to an aromatic ring is 1. The molecule has 6 N–H and O–H groups in total. The van der Waals surface area contributed by atoms with Crippen molar-refractivity contribution in [1.82, 2.24) is 0 Å². The molecule has 0 unspecified atom stereocenters. The van der Waals surface area contributed by atoms with Gasteiger partial charge in [-0.05, 0) is 67.0 Å². The summed E-state index contributed by atoms with van der Waals surface area (Å²) in [5, 5.41) is 10.7. The molecule has 1 aromatic heterocycles. The maximum atomic E-state index is 13.6. The van der Waals surface area contributed by atoms with E-state index in [1.165, 1.54) is 35.4 Å². The van der Waals surface area contributed by atoms with Gasteiger partial charge >= 0.3 is 0 Å². The number of guanidine groups is 1. The maximum Gasteiger partial charge on any atom is 0.208 e. The highest BCUT2D eigenvalue weighted by atomic mass is 32.2. The number of amidine groups is 1. The van der Waals surface area contributed by atoms with Gasteiger partial charge in [-0.2, -0.15) is 0 Å². The van der Waals surface area contributed by atoms with E-state index >= 15 is 0 Å². The van der Waals surface area contributed by atoms with Crippen LogP contribution < -0.4 is 16.8 Å². The first kappa shape index (κ1) is 30.7. The molecule has 0 bridgehead atoms. The van der Waals surface area contributed by atoms with Crippen molar-refractivity contribution >= 4 is 60.3 Å². The number of benzene rings is 2. The third-order valence-electron chi connectivity index (χ3n) is 5.90. The summed E-state index contributed by atoms with van der Waals surface area (Å²) in [6.45, 7) is 2.28. The van der Waals surface area contributed by atoms with Crippen LogP contribution in [0.2, 0.25) is 0 Å². The molecule has 1 heterocycles. The minimum absolute atomic E-state index is 0.161. The number of thioether (sulfide) groups is 1. The lowest BCUT2D eigenvalue weighted by molar-refractivity contribution is 0.593. The summed E-state index contributed by atoms with van der Waals surface area (Å²) in [4.78, 5) is 5.08. The lowest BCUT2D eigenvalue weighted by atomic mass is 10.0. The van der Waals surface area contributed by atoms with Crippen LogP contribution >= 0.6 is 23.1 Å². The molecular weight excluding hydrogens is 575 g/mol. The highest BCUT2D eigenvalue weighted by Gasteiger charge is 2.27. The van der Waals surface area contributed by atoms with E-state index in [9.17, 15) is 16.8 Å². The van der Waals surface area contributed by atoms with Crippen molar-refractivity contribution in [1.29, 1.82) is 5.41 Å². The lowest BCUT2D eigenvalue weighted by Crippen LogP contribution is -2.22. The fourth-order valence-corrected chi connectivity index (χ4v) is 8.77. The summed E-state index contributed by atoms with van der Waals surface area (Å²) in [6.07, 6.45) is 5.14. The SMILES string of the molecule is CSc1sc(C(=N)N)cc1S(=O)(=O)c1cccc(-c2ccc(NC(N)=NCCCCCS(C)(=O)=O)cc2)c1C. The standard InChI is InChI=1S/C26H33N5O4S4/c1-17-20(8-7-9-22(17)39(34,35)23-16-21(24(27)28)37-25(23)36-2)18-10-12-19(13-11-18)31-26(29)30-14-5-4-6-15-38(3,32)33/h7-13,16H,4-6,14-15H2,1-3H3,(H3,27,28)(H3,29,30,31). The molecule has 0 saturated carbocycles. The number of anilines is 1. The largest absolute Gasteiger partial charge is 0.383 e. The highest BCUT2D eigenvalue weighted by Crippen LogP contribution is 2.39. The molecule has 0 spiro atoms. The molecule has 0 aliphatic rings. The van der Waals surface area contributed by atoms with Crippen molar-refractivity contribution in [3.8, 4) is 11.1 Å². The Hall–Kier alpha value is -2.87. The Kier molecular flexibility index (Phi) is 10.2. The molecule has 39 heavy (non-hydrogen) atoms. The Morgan fingerprint density at radius 1 is 1.03 bits per heavy atom. The van der Waals surface area contributed by atoms with Gasteiger partial charge in [0.1, 0.15) is 15.7 Å². The van der Waals surface area contributed by atoms with Gasteiger partial charge in [-0.3, -0.25) is 10.4 Å². The number of aliphatic imine (C=N–C) groups is 1. The topological polar surface area (TPSA) is 169 Å². The van der Waals surface area contributed by atoms with Gasteiger partial charge in [-0.25, -0.2) is 16.8 Å². The number of thiophene rings is 1. The van der Waals surface area contributed by atoms with Crippen LogP contribution in [0, 0.1) is 12.3 Å². The maximum absolute atomic E-state index is 13.6. The van der Waals surface area contributed by atoms with E-state index in [4.69, 9.17) is 16.9 Å². The third-order valence-corrected chi connectivity index (χ3v) is 11.4. The smallest absolute Gasteiger partial charge is 0.208 e. The summed E-state index contributed by atoms with van der Waals surface area (Å²) < 4.78 is 50.2. The van der Waals surface area contributed by atoms with E-state index in [-0.39, 0.29) is 27.3 Å². The number of rotatable bonds is 12. The van der Waals surface area contributed by atoms with Gasteiger partial charge < -0.3 is 16.8 Å². The molecule has 210 valence electrons. The van der Waals surface area contributed by atoms with Crippen LogP contribution in [-0.4, -0.2) is 53.4 Å². The normalized spacial score (nSPS) is 12.4. The molecular formula is C26H33N5O4S4. The predicted molar refractivity (Wildman–Crippen MR) is 163 cm³/mol. The van der Waals surface area contributed by atoms with Crippen molar-refractivity contribution in [2.24, 2.45) is 16.5 Å². The van der Waals surface area contributed by atoms with E-state index in [2.05, 4.69) is 10.3 Å². The average Bonchev–Trinajstić information content (AvgIpc) is 3.32. The Bertz CT molecular complexity index is 1580. The zero-order valence-corrected chi connectivity index (χ0v) is 25.3. The molecule has 9 nitrogen and oxygen atoms in total. The predicted octanol–water partition coefficient (Wildman–Crippen LogP) is 4.50. The van der Waals surface area contributed by atoms with Gasteiger partial charge in [-0.15, -0.1) is 23.1 Å². The lowest BCUT2D eigenvalue weighted by Gasteiger charge is -2.13. The summed E-state index contributed by atoms with van der Waals surface area (Å²) in [5.74, 6) is 0.283. The van der Waals surface area contributed by atoms with Crippen molar-refractivity contribution in [3.63, 3.8) is 0 Å². The molecule has 0 radical (unpaired) electrons. The molecule has 0 aliphatic carbocycles. The van der Waals surface area contributed by atoms with Crippen LogP contribution in [0.4, 0.5) is 5.69 Å². The van der Waals surface area contributed by atoms with E-state index in [0.717, 1.165) is 29.7 Å². The minimum Gasteiger partial charge on any atom is -0.383 e. The van der Waals surface area contributed by atoms with Gasteiger partial charge in [0.05, 0.1) is 18.9 Å². The molecule has 2 aromatic carbocycles. The fraction of sp³-hybridized carbons (Fsp3) is 0.308. The fourth-order valence-electron chi connectivity index (χ4n) is 3.93. The van der Waals surface area contributed by atoms with E-state index in [1.807, 2.05) is 30.3 Å². The van der Waals surface area contributed by atoms with Gasteiger partial charge in [0.2, 0.25) is 9.84 Å². The summed E-state index contributed by atoms with van der Waals surface area (Å²) in [6, 6.07) is 14.1. The summed E-state index contributed by atoms with van der Waals surface area (Å²) in [7, 11) is -6.78. The van der Waals surface area contributed by atoms with Crippen LogP contribution in [0.25, 0.3) is 11.1 Å². The Morgan fingerprint density at radius 2 is 1.72 bits per heavy atom. The Labute approximate surface area is 238 Å². The summed E-state index contributed by atoms with van der Waals surface area (Å²) >= 11 is 2.51. The molecule has 0 amide bonds. The van der Waals surface area contributed by atoms with Crippen molar-refractivity contribution < 1.29 is 16.8 Å². The van der Waals surface area contributed by atoms with Crippen LogP contribution in [0.1, 0.15) is 29.7 Å². The van der Waals surface area contributed by atoms with Crippen molar-refractivity contribution in [2.75, 3.05) is 30.1 Å². The molecule has 3 rings (SSSR count). The second-order valence-corrected chi connectivity index (χ2v) is 15.2. The van der Waals surface area contributed by atoms with Crippen molar-refractivity contribution in [2.45, 2.75) is 40.2 Å². The van der Waals surface area contributed by atoms with Gasteiger partial charge in [0, 0.05) is 24.2 Å². The second-order valence-electron chi connectivity index (χ2n) is 8.97. The number of nitrogens with one attached hydrogen (secondary N) is 2. The van der Waals surface area contributed by atoms with E-state index in [1.54, 1.807) is 25.3 Å². The van der Waals surface area contributed by atoms with Crippen molar-refractivity contribution in [3.05, 3.63) is 59.0 Å². The third kappa shape index (κ3) is 8.07. The molecule has 13 heteroatoms. The second kappa shape index (κ2) is 13.0. The van der Waals surface area contributed by atoms with Crippen LogP contribution in [0.5, 0.6) is 0 Å². The summed E-state index contributed by atoms with van der Waals surface area (Å²) in [5.41, 5.74) is 14.6. The van der Waals surface area contributed by atoms with Crippen LogP contribution in [0.3, 0.4) is 0 Å². The minimum atomic E-state index is -3.84. The highest BCUT2D eigenvalue weighted by molar-refractivity contribution is 8.01. The zero-order chi connectivity index (χ0) is 28.8. The first-order chi connectivity index (χ1) is 18.3. The van der Waals surface area contributed by atoms with Gasteiger partial charge in [-0.1, -0.05) is 30.7 Å². The molecule has 0 fully saturated rings. The first-order valence-corrected chi connectivity index (χ1v) is 17.6.